The molecule has 0 aromatic rings. The van der Waals surface area contributed by atoms with E-state index in [4.69, 9.17) is 5.11 Å². The fourth-order valence-corrected chi connectivity index (χ4v) is 2.88. The largest absolute Gasteiger partial charge is 0.481 e. The summed E-state index contributed by atoms with van der Waals surface area (Å²) in [4.78, 5) is 32.8. The SMILES string of the molecule is O=C(O)CCCCCCCNC(=O)NC1CCCCC1[N+](=O)[O-]. The van der Waals surface area contributed by atoms with E-state index in [1.54, 1.807) is 0 Å². The molecular weight excluding hydrogens is 302 g/mol. The van der Waals surface area contributed by atoms with Crippen LogP contribution in [0.1, 0.15) is 64.2 Å². The summed E-state index contributed by atoms with van der Waals surface area (Å²) in [5, 5.41) is 24.9. The maximum Gasteiger partial charge on any atom is 0.315 e. The molecule has 8 heteroatoms. The molecule has 2 unspecified atom stereocenters. The molecule has 0 aromatic heterocycles. The third-order valence-electron chi connectivity index (χ3n) is 4.17. The second-order valence-corrected chi connectivity index (χ2v) is 6.06. The van der Waals surface area contributed by atoms with Crippen LogP contribution in [0.25, 0.3) is 0 Å². The lowest BCUT2D eigenvalue weighted by atomic mass is 9.91. The Morgan fingerprint density at radius 1 is 1.09 bits per heavy atom. The summed E-state index contributed by atoms with van der Waals surface area (Å²) in [6, 6.07) is -1.40. The number of hydrogen-bond acceptors (Lipinski definition) is 4. The number of carboxylic acids is 1. The number of aliphatic carboxylic acids is 1. The van der Waals surface area contributed by atoms with E-state index in [9.17, 15) is 19.7 Å². The van der Waals surface area contributed by atoms with Crippen molar-refractivity contribution in [3.63, 3.8) is 0 Å². The molecule has 2 amide bonds. The van der Waals surface area contributed by atoms with E-state index in [1.165, 1.54) is 0 Å². The van der Waals surface area contributed by atoms with Crippen molar-refractivity contribution in [2.45, 2.75) is 76.3 Å². The average molecular weight is 329 g/mol. The van der Waals surface area contributed by atoms with Crippen LogP contribution in [0.4, 0.5) is 4.79 Å². The zero-order valence-electron chi connectivity index (χ0n) is 13.5. The quantitative estimate of drug-likeness (QED) is 0.322. The molecule has 0 radical (unpaired) electrons. The Hall–Kier alpha value is -1.86. The van der Waals surface area contributed by atoms with Gasteiger partial charge in [-0.2, -0.15) is 0 Å². The second-order valence-electron chi connectivity index (χ2n) is 6.06. The Kier molecular flexibility index (Phi) is 9.01. The van der Waals surface area contributed by atoms with Crippen molar-refractivity contribution in [3.05, 3.63) is 10.1 Å². The lowest BCUT2D eigenvalue weighted by molar-refractivity contribution is -0.529. The predicted molar refractivity (Wildman–Crippen MR) is 84.9 cm³/mol. The molecule has 0 bridgehead atoms. The van der Waals surface area contributed by atoms with Crippen molar-refractivity contribution in [2.75, 3.05) is 6.54 Å². The van der Waals surface area contributed by atoms with Gasteiger partial charge in [0.25, 0.3) is 0 Å². The third kappa shape index (κ3) is 8.37. The minimum atomic E-state index is -0.765. The highest BCUT2D eigenvalue weighted by atomic mass is 16.6. The maximum atomic E-state index is 11.8. The molecule has 1 fully saturated rings. The Balaban J connectivity index is 2.07. The molecule has 1 aliphatic carbocycles. The highest BCUT2D eigenvalue weighted by molar-refractivity contribution is 5.74. The predicted octanol–water partition coefficient (Wildman–Crippen LogP) is 2.30. The van der Waals surface area contributed by atoms with Gasteiger partial charge in [-0.05, 0) is 25.7 Å². The number of nitro groups is 1. The molecule has 0 heterocycles. The van der Waals surface area contributed by atoms with E-state index in [2.05, 4.69) is 10.6 Å². The molecule has 23 heavy (non-hydrogen) atoms. The van der Waals surface area contributed by atoms with Crippen LogP contribution in [-0.4, -0.2) is 40.7 Å². The van der Waals surface area contributed by atoms with Crippen LogP contribution in [0.15, 0.2) is 0 Å². The molecule has 8 nitrogen and oxygen atoms in total. The highest BCUT2D eigenvalue weighted by Crippen LogP contribution is 2.20. The van der Waals surface area contributed by atoms with E-state index in [0.717, 1.165) is 38.5 Å². The Morgan fingerprint density at radius 3 is 2.43 bits per heavy atom. The number of hydrogen-bond donors (Lipinski definition) is 3. The smallest absolute Gasteiger partial charge is 0.315 e. The zero-order valence-corrected chi connectivity index (χ0v) is 13.5. The van der Waals surface area contributed by atoms with Gasteiger partial charge in [0.15, 0.2) is 0 Å². The summed E-state index contributed by atoms with van der Waals surface area (Å²) in [6.07, 6.45) is 7.40. The lowest BCUT2D eigenvalue weighted by Gasteiger charge is -2.26. The average Bonchev–Trinajstić information content (AvgIpc) is 2.50. The summed E-state index contributed by atoms with van der Waals surface area (Å²) in [6.45, 7) is 0.528. The maximum absolute atomic E-state index is 11.8. The number of nitrogens with one attached hydrogen (secondary N) is 2. The molecule has 0 aromatic carbocycles. The molecule has 0 aliphatic heterocycles. The number of urea groups is 1. The molecule has 3 N–H and O–H groups in total. The van der Waals surface area contributed by atoms with Gasteiger partial charge in [-0.15, -0.1) is 0 Å². The molecule has 0 spiro atoms. The van der Waals surface area contributed by atoms with Crippen molar-refractivity contribution in [1.82, 2.24) is 10.6 Å². The van der Waals surface area contributed by atoms with Gasteiger partial charge < -0.3 is 15.7 Å². The van der Waals surface area contributed by atoms with Gasteiger partial charge in [-0.3, -0.25) is 14.9 Å². The minimum absolute atomic E-state index is 0.208. The van der Waals surface area contributed by atoms with Gasteiger partial charge >= 0.3 is 12.0 Å². The van der Waals surface area contributed by atoms with Gasteiger partial charge in [0.2, 0.25) is 6.04 Å². The van der Waals surface area contributed by atoms with Gasteiger partial charge in [0.05, 0.1) is 6.04 Å². The van der Waals surface area contributed by atoms with Gasteiger partial charge in [-0.1, -0.05) is 25.7 Å². The van der Waals surface area contributed by atoms with E-state index < -0.39 is 12.0 Å². The number of rotatable bonds is 10. The fraction of sp³-hybridized carbons (Fsp3) is 0.867. The van der Waals surface area contributed by atoms with E-state index in [1.807, 2.05) is 0 Å². The Morgan fingerprint density at radius 2 is 1.74 bits per heavy atom. The Labute approximate surface area is 136 Å². The van der Waals surface area contributed by atoms with E-state index in [-0.39, 0.29) is 23.4 Å². The number of carbonyl (C=O) groups excluding carboxylic acids is 1. The standard InChI is InChI=1S/C15H27N3O5/c19-14(20)10-4-2-1-3-7-11-16-15(21)17-12-8-5-6-9-13(12)18(22)23/h12-13H,1-11H2,(H,19,20)(H2,16,17,21). The minimum Gasteiger partial charge on any atom is -0.481 e. The van der Waals surface area contributed by atoms with Crippen LogP contribution in [-0.2, 0) is 4.79 Å². The third-order valence-corrected chi connectivity index (χ3v) is 4.17. The normalized spacial score (nSPS) is 20.7. The first-order valence-electron chi connectivity index (χ1n) is 8.40. The first-order valence-corrected chi connectivity index (χ1v) is 8.40. The summed E-state index contributed by atoms with van der Waals surface area (Å²) in [7, 11) is 0. The zero-order chi connectivity index (χ0) is 17.1. The number of carbonyl (C=O) groups is 2. The monoisotopic (exact) mass is 329 g/mol. The summed E-state index contributed by atoms with van der Waals surface area (Å²) in [5.41, 5.74) is 0. The topological polar surface area (TPSA) is 122 Å². The van der Waals surface area contributed by atoms with E-state index >= 15 is 0 Å². The first-order chi connectivity index (χ1) is 11.0. The number of unbranched alkanes of at least 4 members (excludes halogenated alkanes) is 4. The van der Waals surface area contributed by atoms with Crippen LogP contribution >= 0.6 is 0 Å². The van der Waals surface area contributed by atoms with Crippen molar-refractivity contribution < 1.29 is 19.6 Å². The van der Waals surface area contributed by atoms with Gasteiger partial charge in [-0.25, -0.2) is 4.79 Å². The Bertz CT molecular complexity index is 403. The summed E-state index contributed by atoms with van der Waals surface area (Å²) >= 11 is 0. The van der Waals surface area contributed by atoms with Crippen molar-refractivity contribution in [3.8, 4) is 0 Å². The molecule has 1 rings (SSSR count). The van der Waals surface area contributed by atoms with Crippen LogP contribution in [0.5, 0.6) is 0 Å². The van der Waals surface area contributed by atoms with Crippen molar-refractivity contribution >= 4 is 12.0 Å². The second kappa shape index (κ2) is 10.8. The van der Waals surface area contributed by atoms with Crippen LogP contribution in [0.3, 0.4) is 0 Å². The van der Waals surface area contributed by atoms with Crippen LogP contribution in [0, 0.1) is 10.1 Å². The molecule has 1 saturated carbocycles. The highest BCUT2D eigenvalue weighted by Gasteiger charge is 2.34. The number of nitrogens with zero attached hydrogens (tertiary/aromatic N) is 1. The fourth-order valence-electron chi connectivity index (χ4n) is 2.88. The number of amides is 2. The van der Waals surface area contributed by atoms with Gasteiger partial charge in [0.1, 0.15) is 0 Å². The lowest BCUT2D eigenvalue weighted by Crippen LogP contribution is -2.51. The molecular formula is C15H27N3O5. The van der Waals surface area contributed by atoms with E-state index in [0.29, 0.717) is 25.8 Å². The molecule has 2 atom stereocenters. The number of carboxylic acid groups (broad SMARTS) is 1. The van der Waals surface area contributed by atoms with Crippen molar-refractivity contribution in [2.24, 2.45) is 0 Å². The first kappa shape index (κ1) is 19.2. The van der Waals surface area contributed by atoms with Gasteiger partial charge in [0, 0.05) is 24.3 Å². The van der Waals surface area contributed by atoms with Crippen LogP contribution in [0.2, 0.25) is 0 Å². The molecule has 0 saturated heterocycles. The van der Waals surface area contributed by atoms with Crippen LogP contribution < -0.4 is 10.6 Å². The summed E-state index contributed by atoms with van der Waals surface area (Å²) < 4.78 is 0. The molecule has 132 valence electrons. The van der Waals surface area contributed by atoms with Crippen molar-refractivity contribution in [1.29, 1.82) is 0 Å². The summed E-state index contributed by atoms with van der Waals surface area (Å²) in [5.74, 6) is -0.765. The molecule has 1 aliphatic rings.